The molecule has 2 atom stereocenters. The van der Waals surface area contributed by atoms with Crippen molar-refractivity contribution in [2.24, 2.45) is 0 Å². The Balaban J connectivity index is 1.64. The summed E-state index contributed by atoms with van der Waals surface area (Å²) in [6.07, 6.45) is 1.12. The van der Waals surface area contributed by atoms with Crippen LogP contribution in [-0.4, -0.2) is 21.9 Å². The molecule has 3 heterocycles. The van der Waals surface area contributed by atoms with E-state index in [1.807, 2.05) is 65.3 Å². The van der Waals surface area contributed by atoms with Crippen LogP contribution < -0.4 is 14.8 Å². The van der Waals surface area contributed by atoms with Gasteiger partial charge in [0.1, 0.15) is 30.0 Å². The van der Waals surface area contributed by atoms with Gasteiger partial charge >= 0.3 is 0 Å². The Kier molecular flexibility index (Phi) is 4.78. The summed E-state index contributed by atoms with van der Waals surface area (Å²) in [6.45, 7) is 0. The van der Waals surface area contributed by atoms with Crippen molar-refractivity contribution in [3.63, 3.8) is 0 Å². The molecule has 0 unspecified atom stereocenters. The van der Waals surface area contributed by atoms with Crippen molar-refractivity contribution in [1.29, 1.82) is 0 Å². The van der Waals surface area contributed by atoms with Crippen LogP contribution in [0.2, 0.25) is 10.0 Å². The van der Waals surface area contributed by atoms with Gasteiger partial charge in [0.2, 0.25) is 5.95 Å². The molecule has 6 rings (SSSR count). The minimum absolute atomic E-state index is 0.354. The second kappa shape index (κ2) is 7.83. The monoisotopic (exact) mass is 476 g/mol. The Morgan fingerprint density at radius 2 is 1.91 bits per heavy atom. The number of hydrogen-bond acceptors (Lipinski definition) is 5. The molecule has 6 nitrogen and oxygen atoms in total. The van der Waals surface area contributed by atoms with E-state index in [1.165, 1.54) is 6.33 Å². The summed E-state index contributed by atoms with van der Waals surface area (Å²) in [5.74, 6) is 2.17. The average molecular weight is 477 g/mol. The van der Waals surface area contributed by atoms with Gasteiger partial charge in [-0.1, -0.05) is 53.5 Å². The summed E-state index contributed by atoms with van der Waals surface area (Å²) in [5.41, 5.74) is 4.68. The van der Waals surface area contributed by atoms with Crippen LogP contribution in [0.4, 0.5) is 5.95 Å². The lowest BCUT2D eigenvalue weighted by molar-refractivity contribution is 0.222. The molecular weight excluding hydrogens is 459 g/mol. The third kappa shape index (κ3) is 3.25. The third-order valence-corrected chi connectivity index (χ3v) is 6.54. The van der Waals surface area contributed by atoms with Gasteiger partial charge in [0.05, 0.1) is 12.8 Å². The minimum atomic E-state index is -0.411. The summed E-state index contributed by atoms with van der Waals surface area (Å²) < 4.78 is 13.9. The van der Waals surface area contributed by atoms with E-state index in [0.717, 1.165) is 39.5 Å². The summed E-state index contributed by atoms with van der Waals surface area (Å²) >= 11 is 12.9. The Bertz CT molecular complexity index is 1420. The van der Waals surface area contributed by atoms with E-state index in [9.17, 15) is 0 Å². The molecule has 33 heavy (non-hydrogen) atoms. The molecule has 3 aromatic carbocycles. The number of aromatic nitrogens is 3. The molecule has 0 amide bonds. The van der Waals surface area contributed by atoms with Gasteiger partial charge in [0, 0.05) is 26.7 Å². The smallest absolute Gasteiger partial charge is 0.226 e. The van der Waals surface area contributed by atoms with Crippen LogP contribution in [0, 0.1) is 0 Å². The normalized spacial score (nSPS) is 18.5. The number of anilines is 1. The van der Waals surface area contributed by atoms with Crippen molar-refractivity contribution >= 4 is 34.8 Å². The third-order valence-electron chi connectivity index (χ3n) is 5.98. The predicted octanol–water partition coefficient (Wildman–Crippen LogP) is 6.15. The zero-order valence-corrected chi connectivity index (χ0v) is 19.0. The van der Waals surface area contributed by atoms with Crippen LogP contribution in [-0.2, 0) is 0 Å². The fourth-order valence-corrected chi connectivity index (χ4v) is 5.03. The molecular formula is C25H18Cl2N4O2. The van der Waals surface area contributed by atoms with E-state index < -0.39 is 6.10 Å². The molecule has 0 saturated heterocycles. The first kappa shape index (κ1) is 20.1. The van der Waals surface area contributed by atoms with E-state index >= 15 is 0 Å². The Labute approximate surface area is 200 Å². The van der Waals surface area contributed by atoms with Crippen molar-refractivity contribution in [1.82, 2.24) is 14.8 Å². The molecule has 1 N–H and O–H groups in total. The quantitative estimate of drug-likeness (QED) is 0.383. The summed E-state index contributed by atoms with van der Waals surface area (Å²) in [5, 5.41) is 9.12. The lowest BCUT2D eigenvalue weighted by Crippen LogP contribution is -2.32. The highest BCUT2D eigenvalue weighted by Crippen LogP contribution is 2.51. The van der Waals surface area contributed by atoms with Gasteiger partial charge in [0.25, 0.3) is 0 Å². The molecule has 2 aliphatic heterocycles. The molecule has 0 bridgehead atoms. The van der Waals surface area contributed by atoms with Crippen LogP contribution in [0.1, 0.15) is 28.8 Å². The van der Waals surface area contributed by atoms with E-state index in [2.05, 4.69) is 15.4 Å². The second-order valence-corrected chi connectivity index (χ2v) is 8.67. The fourth-order valence-electron chi connectivity index (χ4n) is 4.52. The number of rotatable bonds is 3. The van der Waals surface area contributed by atoms with E-state index in [0.29, 0.717) is 16.0 Å². The topological polar surface area (TPSA) is 61.2 Å². The Morgan fingerprint density at radius 3 is 2.76 bits per heavy atom. The van der Waals surface area contributed by atoms with Gasteiger partial charge in [-0.05, 0) is 42.0 Å². The summed E-state index contributed by atoms with van der Waals surface area (Å²) in [6, 6.07) is 21.0. The van der Waals surface area contributed by atoms with Crippen LogP contribution in [0.15, 0.2) is 78.6 Å². The van der Waals surface area contributed by atoms with E-state index in [-0.39, 0.29) is 6.04 Å². The molecule has 0 radical (unpaired) electrons. The first-order chi connectivity index (χ1) is 16.1. The number of ether oxygens (including phenoxy) is 2. The molecule has 2 aliphatic rings. The van der Waals surface area contributed by atoms with Crippen molar-refractivity contribution in [3.05, 3.63) is 105 Å². The number of methoxy groups -OCH3 is 1. The first-order valence-electron chi connectivity index (χ1n) is 10.4. The Morgan fingerprint density at radius 1 is 1.03 bits per heavy atom. The maximum Gasteiger partial charge on any atom is 0.226 e. The van der Waals surface area contributed by atoms with Crippen molar-refractivity contribution in [2.45, 2.75) is 12.1 Å². The number of halogens is 2. The van der Waals surface area contributed by atoms with Crippen LogP contribution in [0.5, 0.6) is 11.5 Å². The highest BCUT2D eigenvalue weighted by Gasteiger charge is 2.41. The number of fused-ring (bicyclic) bond motifs is 3. The van der Waals surface area contributed by atoms with Gasteiger partial charge in [-0.3, -0.25) is 0 Å². The second-order valence-electron chi connectivity index (χ2n) is 7.82. The van der Waals surface area contributed by atoms with Crippen molar-refractivity contribution in [2.75, 3.05) is 12.4 Å². The van der Waals surface area contributed by atoms with Crippen LogP contribution in [0.25, 0.3) is 5.70 Å². The molecule has 8 heteroatoms. The number of benzene rings is 3. The number of nitrogens with zero attached hydrogens (tertiary/aromatic N) is 3. The van der Waals surface area contributed by atoms with E-state index in [4.69, 9.17) is 32.7 Å². The average Bonchev–Trinajstić information content (AvgIpc) is 3.31. The standard InChI is InChI=1S/C25H18Cl2N4O2/c1-32-16-6-4-5-14(11-16)24-21-22(18-7-2-3-8-20(18)33-24)30-25-28-13-29-31(25)23(21)17-10-9-15(26)12-19(17)27/h2-13,23-24H,1H3,(H,28,29,30)/t23-,24-/m1/s1. The molecule has 0 fully saturated rings. The lowest BCUT2D eigenvalue weighted by atomic mass is 9.84. The zero-order chi connectivity index (χ0) is 22.5. The maximum absolute atomic E-state index is 6.72. The SMILES string of the molecule is COc1cccc([C@H]2Oc3ccccc3C3=C2[C@@H](c2ccc(Cl)cc2Cl)n2ncnc2N3)c1. The minimum Gasteiger partial charge on any atom is -0.497 e. The van der Waals surface area contributed by atoms with Gasteiger partial charge in [0.15, 0.2) is 0 Å². The van der Waals surface area contributed by atoms with Crippen molar-refractivity contribution < 1.29 is 9.47 Å². The molecule has 0 aliphatic carbocycles. The van der Waals surface area contributed by atoms with E-state index in [1.54, 1.807) is 13.2 Å². The lowest BCUT2D eigenvalue weighted by Gasteiger charge is -2.39. The predicted molar refractivity (Wildman–Crippen MR) is 128 cm³/mol. The summed E-state index contributed by atoms with van der Waals surface area (Å²) in [7, 11) is 1.65. The number of para-hydroxylation sites is 1. The van der Waals surface area contributed by atoms with Gasteiger partial charge in [-0.25, -0.2) is 4.68 Å². The molecule has 0 spiro atoms. The number of hydrogen-bond donors (Lipinski definition) is 1. The van der Waals surface area contributed by atoms with Crippen LogP contribution in [0.3, 0.4) is 0 Å². The van der Waals surface area contributed by atoms with Gasteiger partial charge in [-0.15, -0.1) is 0 Å². The highest BCUT2D eigenvalue weighted by atomic mass is 35.5. The first-order valence-corrected chi connectivity index (χ1v) is 11.1. The zero-order valence-electron chi connectivity index (χ0n) is 17.5. The number of nitrogens with one attached hydrogen (secondary N) is 1. The highest BCUT2D eigenvalue weighted by molar-refractivity contribution is 6.35. The molecule has 164 valence electrons. The molecule has 1 aromatic heterocycles. The molecule has 4 aromatic rings. The maximum atomic E-state index is 6.72. The summed E-state index contributed by atoms with van der Waals surface area (Å²) in [4.78, 5) is 4.45. The van der Waals surface area contributed by atoms with Crippen LogP contribution >= 0.6 is 23.2 Å². The van der Waals surface area contributed by atoms with Gasteiger partial charge < -0.3 is 14.8 Å². The van der Waals surface area contributed by atoms with Crippen molar-refractivity contribution in [3.8, 4) is 11.5 Å². The Hall–Kier alpha value is -3.48. The molecule has 0 saturated carbocycles. The fraction of sp³-hybridized carbons (Fsp3) is 0.120. The largest absolute Gasteiger partial charge is 0.497 e. The van der Waals surface area contributed by atoms with Gasteiger partial charge in [-0.2, -0.15) is 10.1 Å².